The monoisotopic (exact) mass is 372 g/mol. The molecule has 6 heteroatoms. The molecule has 3 aliphatic heterocycles. The average molecular weight is 373 g/mol. The highest BCUT2D eigenvalue weighted by molar-refractivity contribution is 6.30. The Balaban J connectivity index is 1.47. The summed E-state index contributed by atoms with van der Waals surface area (Å²) in [7, 11) is 0. The molecule has 26 heavy (non-hydrogen) atoms. The Labute approximate surface area is 159 Å². The van der Waals surface area contributed by atoms with Crippen molar-refractivity contribution in [3.05, 3.63) is 47.2 Å². The molecule has 0 N–H and O–H groups in total. The lowest BCUT2D eigenvalue weighted by atomic mass is 9.94. The molecule has 0 radical (unpaired) electrons. The first-order valence-corrected chi connectivity index (χ1v) is 9.84. The van der Waals surface area contributed by atoms with Gasteiger partial charge in [0.15, 0.2) is 0 Å². The second-order valence-electron chi connectivity index (χ2n) is 7.43. The summed E-state index contributed by atoms with van der Waals surface area (Å²) in [6.45, 7) is 5.69. The summed E-state index contributed by atoms with van der Waals surface area (Å²) in [4.78, 5) is 17.2. The molecule has 2 aromatic rings. The normalized spacial score (nSPS) is 23.5. The molecule has 1 aromatic heterocycles. The van der Waals surface area contributed by atoms with Crippen molar-refractivity contribution in [1.29, 1.82) is 0 Å². The van der Waals surface area contributed by atoms with Crippen LogP contribution in [0.2, 0.25) is 5.02 Å². The number of amides is 1. The first kappa shape index (κ1) is 17.6. The molecule has 0 spiro atoms. The van der Waals surface area contributed by atoms with E-state index >= 15 is 0 Å². The maximum atomic E-state index is 12.7. The van der Waals surface area contributed by atoms with Gasteiger partial charge < -0.3 is 4.90 Å². The molecule has 2 atom stereocenters. The quantitative estimate of drug-likeness (QED) is 0.808. The fourth-order valence-electron chi connectivity index (χ4n) is 4.25. The number of hydrogen-bond donors (Lipinski definition) is 0. The molecule has 2 bridgehead atoms. The van der Waals surface area contributed by atoms with E-state index in [-0.39, 0.29) is 5.92 Å². The zero-order chi connectivity index (χ0) is 18.1. The lowest BCUT2D eigenvalue weighted by Crippen LogP contribution is -2.48. The van der Waals surface area contributed by atoms with Gasteiger partial charge >= 0.3 is 0 Å². The van der Waals surface area contributed by atoms with Gasteiger partial charge in [0, 0.05) is 49.0 Å². The van der Waals surface area contributed by atoms with Gasteiger partial charge in [-0.1, -0.05) is 24.6 Å². The van der Waals surface area contributed by atoms with Crippen LogP contribution in [0.15, 0.2) is 36.7 Å². The molecule has 5 nitrogen and oxygen atoms in total. The van der Waals surface area contributed by atoms with Crippen molar-refractivity contribution in [1.82, 2.24) is 19.6 Å². The molecule has 1 aromatic carbocycles. The predicted octanol–water partition coefficient (Wildman–Crippen LogP) is 3.36. The number of benzene rings is 1. The van der Waals surface area contributed by atoms with Gasteiger partial charge in [-0.25, -0.2) is 4.68 Å². The van der Waals surface area contributed by atoms with Crippen LogP contribution in [-0.2, 0) is 11.3 Å². The summed E-state index contributed by atoms with van der Waals surface area (Å²) in [5, 5.41) is 5.19. The van der Waals surface area contributed by atoms with Crippen molar-refractivity contribution in [3.8, 4) is 5.69 Å². The minimum absolute atomic E-state index is 0.156. The molecule has 4 heterocycles. The Bertz CT molecular complexity index is 790. The summed E-state index contributed by atoms with van der Waals surface area (Å²) < 4.78 is 1.86. The summed E-state index contributed by atoms with van der Waals surface area (Å²) in [5.74, 6) is 0.517. The predicted molar refractivity (Wildman–Crippen MR) is 102 cm³/mol. The van der Waals surface area contributed by atoms with Crippen LogP contribution < -0.4 is 0 Å². The number of piperidine rings is 1. The van der Waals surface area contributed by atoms with E-state index < -0.39 is 0 Å². The van der Waals surface area contributed by atoms with Crippen LogP contribution in [0.5, 0.6) is 0 Å². The van der Waals surface area contributed by atoms with Crippen LogP contribution in [0.25, 0.3) is 5.69 Å². The third-order valence-corrected chi connectivity index (χ3v) is 5.68. The fraction of sp³-hybridized carbons (Fsp3) is 0.500. The number of aromatic nitrogens is 2. The zero-order valence-electron chi connectivity index (χ0n) is 15.1. The van der Waals surface area contributed by atoms with E-state index in [1.54, 1.807) is 0 Å². The molecule has 0 unspecified atom stereocenters. The van der Waals surface area contributed by atoms with E-state index in [4.69, 9.17) is 11.6 Å². The number of carbonyl (C=O) groups is 1. The van der Waals surface area contributed by atoms with Gasteiger partial charge in [-0.2, -0.15) is 5.10 Å². The van der Waals surface area contributed by atoms with E-state index in [0.717, 1.165) is 51.1 Å². The minimum atomic E-state index is 0.156. The summed E-state index contributed by atoms with van der Waals surface area (Å²) in [6.07, 6.45) is 7.17. The average Bonchev–Trinajstić information content (AvgIpc) is 2.94. The van der Waals surface area contributed by atoms with Crippen LogP contribution in [0, 0.1) is 5.92 Å². The third kappa shape index (κ3) is 3.51. The van der Waals surface area contributed by atoms with Gasteiger partial charge in [0.25, 0.3) is 0 Å². The molecular weight excluding hydrogens is 348 g/mol. The second kappa shape index (κ2) is 7.41. The van der Waals surface area contributed by atoms with E-state index in [2.05, 4.69) is 28.0 Å². The summed E-state index contributed by atoms with van der Waals surface area (Å²) >= 11 is 6.08. The van der Waals surface area contributed by atoms with Gasteiger partial charge in [-0.15, -0.1) is 0 Å². The van der Waals surface area contributed by atoms with Crippen molar-refractivity contribution < 1.29 is 4.79 Å². The van der Waals surface area contributed by atoms with Crippen molar-refractivity contribution in [2.75, 3.05) is 19.6 Å². The fourth-order valence-corrected chi connectivity index (χ4v) is 4.44. The minimum Gasteiger partial charge on any atom is -0.338 e. The Morgan fingerprint density at radius 3 is 2.96 bits per heavy atom. The van der Waals surface area contributed by atoms with Gasteiger partial charge in [-0.05, 0) is 37.5 Å². The molecule has 3 fully saturated rings. The Kier molecular flexibility index (Phi) is 5.00. The maximum Gasteiger partial charge on any atom is 0.227 e. The highest BCUT2D eigenvalue weighted by Gasteiger charge is 2.40. The van der Waals surface area contributed by atoms with Gasteiger partial charge in [0.2, 0.25) is 5.91 Å². The van der Waals surface area contributed by atoms with Crippen molar-refractivity contribution in [2.45, 2.75) is 38.8 Å². The van der Waals surface area contributed by atoms with Gasteiger partial charge in [0.05, 0.1) is 17.8 Å². The summed E-state index contributed by atoms with van der Waals surface area (Å²) in [5.41, 5.74) is 2.13. The first-order valence-electron chi connectivity index (χ1n) is 9.46. The van der Waals surface area contributed by atoms with Crippen LogP contribution in [0.4, 0.5) is 0 Å². The number of rotatable bonds is 5. The van der Waals surface area contributed by atoms with Crippen LogP contribution in [0.1, 0.15) is 31.7 Å². The molecule has 1 amide bonds. The van der Waals surface area contributed by atoms with Gasteiger partial charge in [-0.3, -0.25) is 9.69 Å². The molecule has 0 saturated carbocycles. The summed E-state index contributed by atoms with van der Waals surface area (Å²) in [6, 6.07) is 8.06. The number of fused-ring (bicyclic) bond motifs is 4. The number of nitrogens with zero attached hydrogens (tertiary/aromatic N) is 4. The molecule has 5 rings (SSSR count). The zero-order valence-corrected chi connectivity index (χ0v) is 15.9. The third-order valence-electron chi connectivity index (χ3n) is 5.45. The Morgan fingerprint density at radius 2 is 2.15 bits per heavy atom. The Morgan fingerprint density at radius 1 is 1.27 bits per heavy atom. The van der Waals surface area contributed by atoms with E-state index in [9.17, 15) is 4.79 Å². The maximum absolute atomic E-state index is 12.7. The van der Waals surface area contributed by atoms with E-state index in [1.165, 1.54) is 5.56 Å². The topological polar surface area (TPSA) is 41.4 Å². The largest absolute Gasteiger partial charge is 0.338 e. The molecular formula is C20H25ClN4O. The Hall–Kier alpha value is -1.85. The number of carbonyl (C=O) groups excluding carboxylic acids is 1. The van der Waals surface area contributed by atoms with Crippen LogP contribution in [-0.4, -0.2) is 51.2 Å². The molecule has 3 aliphatic rings. The molecule has 3 saturated heterocycles. The van der Waals surface area contributed by atoms with Crippen molar-refractivity contribution in [3.63, 3.8) is 0 Å². The van der Waals surface area contributed by atoms with Crippen LogP contribution >= 0.6 is 11.6 Å². The molecule has 138 valence electrons. The molecule has 0 aliphatic carbocycles. The highest BCUT2D eigenvalue weighted by atomic mass is 35.5. The van der Waals surface area contributed by atoms with Crippen LogP contribution in [0.3, 0.4) is 0 Å². The lowest BCUT2D eigenvalue weighted by molar-refractivity contribution is -0.139. The number of halogens is 1. The van der Waals surface area contributed by atoms with Crippen molar-refractivity contribution in [2.24, 2.45) is 5.92 Å². The highest BCUT2D eigenvalue weighted by Crippen LogP contribution is 2.30. The lowest BCUT2D eigenvalue weighted by Gasteiger charge is -2.35. The number of hydrogen-bond acceptors (Lipinski definition) is 3. The standard InChI is InChI=1S/C20H25ClN4O/c1-2-8-24-19-7-6-16(20(24)26)13-23(14-19)11-15-10-22-25(12-15)18-5-3-4-17(21)9-18/h3-5,9-10,12,16,19H,2,6-8,11,13-14H2,1H3/t16-,19+/m1/s1. The SMILES string of the molecule is CCCN1C(=O)[C@@H]2CC[C@H]1CN(Cc1cnn(-c3cccc(Cl)c3)c1)C2. The van der Waals surface area contributed by atoms with Gasteiger partial charge in [0.1, 0.15) is 0 Å². The smallest absolute Gasteiger partial charge is 0.227 e. The van der Waals surface area contributed by atoms with E-state index in [1.807, 2.05) is 35.1 Å². The van der Waals surface area contributed by atoms with Crippen molar-refractivity contribution >= 4 is 17.5 Å². The first-order chi connectivity index (χ1) is 12.6. The second-order valence-corrected chi connectivity index (χ2v) is 7.86. The van der Waals surface area contributed by atoms with E-state index in [0.29, 0.717) is 17.0 Å².